The Morgan fingerprint density at radius 2 is 1.93 bits per heavy atom. The number of hydrogen-bond donors (Lipinski definition) is 1. The molecule has 1 N–H and O–H groups in total. The van der Waals surface area contributed by atoms with E-state index in [-0.39, 0.29) is 17.3 Å². The number of methoxy groups -OCH3 is 1. The van der Waals surface area contributed by atoms with Crippen molar-refractivity contribution in [2.75, 3.05) is 7.11 Å². The number of carbonyl (C=O) groups is 1. The summed E-state index contributed by atoms with van der Waals surface area (Å²) in [5.74, 6) is 0.308. The minimum Gasteiger partial charge on any atom is -0.493 e. The number of nitrogens with zero attached hydrogens (tertiary/aromatic N) is 2. The highest BCUT2D eigenvalue weighted by Gasteiger charge is 2.13. The van der Waals surface area contributed by atoms with Crippen LogP contribution < -0.4 is 14.9 Å². The Morgan fingerprint density at radius 3 is 2.67 bits per heavy atom. The molecular formula is C21H16Cl3N3O3. The SMILES string of the molecule is COc1cc(C=NNC(=O)c2cccnc2Cl)cc(Cl)c1OCc1ccccc1Cl. The van der Waals surface area contributed by atoms with Gasteiger partial charge in [0.1, 0.15) is 11.8 Å². The van der Waals surface area contributed by atoms with Gasteiger partial charge >= 0.3 is 0 Å². The van der Waals surface area contributed by atoms with Gasteiger partial charge in [-0.25, -0.2) is 10.4 Å². The number of hydrogen-bond acceptors (Lipinski definition) is 5. The fourth-order valence-electron chi connectivity index (χ4n) is 2.50. The molecule has 0 radical (unpaired) electrons. The van der Waals surface area contributed by atoms with Crippen LogP contribution in [0.3, 0.4) is 0 Å². The third-order valence-corrected chi connectivity index (χ3v) is 4.92. The van der Waals surface area contributed by atoms with E-state index in [1.54, 1.807) is 30.3 Å². The maximum absolute atomic E-state index is 12.1. The standard InChI is InChI=1S/C21H16Cl3N3O3/c1-29-18-10-13(11-26-27-21(28)15-6-4-8-25-20(15)24)9-17(23)19(18)30-12-14-5-2-3-7-16(14)22/h2-11H,12H2,1H3,(H,27,28). The summed E-state index contributed by atoms with van der Waals surface area (Å²) in [5, 5.41) is 4.94. The molecule has 1 aromatic heterocycles. The van der Waals surface area contributed by atoms with Gasteiger partial charge in [0, 0.05) is 16.8 Å². The highest BCUT2D eigenvalue weighted by atomic mass is 35.5. The molecule has 154 valence electrons. The molecule has 2 aromatic carbocycles. The second-order valence-corrected chi connectivity index (χ2v) is 7.13. The van der Waals surface area contributed by atoms with E-state index in [4.69, 9.17) is 44.3 Å². The molecule has 0 fully saturated rings. The zero-order valence-corrected chi connectivity index (χ0v) is 18.0. The molecule has 9 heteroatoms. The Balaban J connectivity index is 1.72. The fraction of sp³-hybridized carbons (Fsp3) is 0.0952. The van der Waals surface area contributed by atoms with Crippen molar-refractivity contribution >= 4 is 46.9 Å². The second-order valence-electron chi connectivity index (χ2n) is 5.96. The predicted octanol–water partition coefficient (Wildman–Crippen LogP) is 5.39. The lowest BCUT2D eigenvalue weighted by Gasteiger charge is -2.14. The maximum Gasteiger partial charge on any atom is 0.274 e. The Kier molecular flexibility index (Phi) is 7.52. The van der Waals surface area contributed by atoms with Gasteiger partial charge in [0.05, 0.1) is 23.9 Å². The molecule has 3 aromatic rings. The zero-order chi connectivity index (χ0) is 21.5. The Labute approximate surface area is 188 Å². The molecule has 1 heterocycles. The molecule has 3 rings (SSSR count). The van der Waals surface area contributed by atoms with Gasteiger partial charge in [-0.05, 0) is 35.9 Å². The van der Waals surface area contributed by atoms with Crippen LogP contribution in [0.4, 0.5) is 0 Å². The summed E-state index contributed by atoms with van der Waals surface area (Å²) in [6.07, 6.45) is 2.92. The summed E-state index contributed by atoms with van der Waals surface area (Å²) in [7, 11) is 1.50. The van der Waals surface area contributed by atoms with Crippen molar-refractivity contribution in [3.05, 3.63) is 86.6 Å². The van der Waals surface area contributed by atoms with Crippen LogP contribution in [0.1, 0.15) is 21.5 Å². The van der Waals surface area contributed by atoms with Crippen molar-refractivity contribution in [2.24, 2.45) is 5.10 Å². The molecule has 0 saturated heterocycles. The van der Waals surface area contributed by atoms with Crippen LogP contribution in [0.15, 0.2) is 59.8 Å². The lowest BCUT2D eigenvalue weighted by molar-refractivity contribution is 0.0955. The van der Waals surface area contributed by atoms with Crippen LogP contribution in [-0.4, -0.2) is 24.2 Å². The second kappa shape index (κ2) is 10.3. The van der Waals surface area contributed by atoms with E-state index in [9.17, 15) is 4.79 Å². The van der Waals surface area contributed by atoms with Gasteiger partial charge in [-0.3, -0.25) is 4.79 Å². The summed E-state index contributed by atoms with van der Waals surface area (Å²) >= 11 is 18.4. The van der Waals surface area contributed by atoms with Crippen LogP contribution in [0.2, 0.25) is 15.2 Å². The molecule has 6 nitrogen and oxygen atoms in total. The Bertz CT molecular complexity index is 1090. The van der Waals surface area contributed by atoms with Crippen molar-refractivity contribution in [3.63, 3.8) is 0 Å². The lowest BCUT2D eigenvalue weighted by atomic mass is 10.2. The number of aromatic nitrogens is 1. The van der Waals surface area contributed by atoms with Gasteiger partial charge in [-0.1, -0.05) is 53.0 Å². The first kappa shape index (κ1) is 21.9. The smallest absolute Gasteiger partial charge is 0.274 e. The predicted molar refractivity (Wildman–Crippen MR) is 118 cm³/mol. The average molecular weight is 465 g/mol. The molecule has 0 saturated carbocycles. The van der Waals surface area contributed by atoms with E-state index in [0.717, 1.165) is 5.56 Å². The van der Waals surface area contributed by atoms with Crippen LogP contribution >= 0.6 is 34.8 Å². The van der Waals surface area contributed by atoms with Crippen molar-refractivity contribution in [1.29, 1.82) is 0 Å². The van der Waals surface area contributed by atoms with Gasteiger partial charge in [-0.2, -0.15) is 5.10 Å². The van der Waals surface area contributed by atoms with E-state index in [1.807, 2.05) is 18.2 Å². The van der Waals surface area contributed by atoms with Crippen molar-refractivity contribution in [2.45, 2.75) is 6.61 Å². The fourth-order valence-corrected chi connectivity index (χ4v) is 3.17. The van der Waals surface area contributed by atoms with Crippen molar-refractivity contribution < 1.29 is 14.3 Å². The van der Waals surface area contributed by atoms with Gasteiger partial charge in [-0.15, -0.1) is 0 Å². The molecule has 0 aliphatic heterocycles. The minimum absolute atomic E-state index is 0.0925. The molecular weight excluding hydrogens is 449 g/mol. The number of benzene rings is 2. The summed E-state index contributed by atoms with van der Waals surface area (Å²) in [6.45, 7) is 0.227. The maximum atomic E-state index is 12.1. The first-order valence-corrected chi connectivity index (χ1v) is 9.80. The molecule has 0 atom stereocenters. The number of carbonyl (C=O) groups excluding carboxylic acids is 1. The number of amides is 1. The number of ether oxygens (including phenoxy) is 2. The molecule has 0 unspecified atom stereocenters. The number of halogens is 3. The minimum atomic E-state index is -0.484. The Hall–Kier alpha value is -2.80. The van der Waals surface area contributed by atoms with Crippen molar-refractivity contribution in [1.82, 2.24) is 10.4 Å². The number of nitrogens with one attached hydrogen (secondary N) is 1. The monoisotopic (exact) mass is 463 g/mol. The molecule has 0 aliphatic carbocycles. The van der Waals surface area contributed by atoms with Crippen LogP contribution in [0.5, 0.6) is 11.5 Å². The largest absolute Gasteiger partial charge is 0.493 e. The van der Waals surface area contributed by atoms with E-state index < -0.39 is 5.91 Å². The Morgan fingerprint density at radius 1 is 1.13 bits per heavy atom. The van der Waals surface area contributed by atoms with Gasteiger partial charge < -0.3 is 9.47 Å². The highest BCUT2D eigenvalue weighted by molar-refractivity contribution is 6.33. The average Bonchev–Trinajstić information content (AvgIpc) is 2.74. The van der Waals surface area contributed by atoms with E-state index in [0.29, 0.717) is 27.1 Å². The van der Waals surface area contributed by atoms with Gasteiger partial charge in [0.2, 0.25) is 0 Å². The lowest BCUT2D eigenvalue weighted by Crippen LogP contribution is -2.18. The summed E-state index contributed by atoms with van der Waals surface area (Å²) in [6, 6.07) is 13.8. The van der Waals surface area contributed by atoms with Crippen LogP contribution in [-0.2, 0) is 6.61 Å². The number of hydrazone groups is 1. The highest BCUT2D eigenvalue weighted by Crippen LogP contribution is 2.37. The van der Waals surface area contributed by atoms with Crippen molar-refractivity contribution in [3.8, 4) is 11.5 Å². The van der Waals surface area contributed by atoms with Crippen LogP contribution in [0.25, 0.3) is 0 Å². The van der Waals surface area contributed by atoms with Gasteiger partial charge in [0.15, 0.2) is 11.5 Å². The molecule has 0 spiro atoms. The third-order valence-electron chi connectivity index (χ3n) is 3.97. The zero-order valence-electron chi connectivity index (χ0n) is 15.7. The first-order valence-electron chi connectivity index (χ1n) is 8.67. The summed E-state index contributed by atoms with van der Waals surface area (Å²) in [5.41, 5.74) is 4.02. The molecule has 30 heavy (non-hydrogen) atoms. The van der Waals surface area contributed by atoms with Crippen LogP contribution in [0, 0.1) is 0 Å². The number of pyridine rings is 1. The third kappa shape index (κ3) is 5.42. The topological polar surface area (TPSA) is 72.8 Å². The van der Waals surface area contributed by atoms with E-state index >= 15 is 0 Å². The van der Waals surface area contributed by atoms with E-state index in [2.05, 4.69) is 15.5 Å². The molecule has 0 aliphatic rings. The summed E-state index contributed by atoms with van der Waals surface area (Å²) in [4.78, 5) is 16.0. The number of rotatable bonds is 7. The molecule has 1 amide bonds. The quantitative estimate of drug-likeness (QED) is 0.289. The molecule has 0 bridgehead atoms. The van der Waals surface area contributed by atoms with Gasteiger partial charge in [0.25, 0.3) is 5.91 Å². The van der Waals surface area contributed by atoms with E-state index in [1.165, 1.54) is 19.5 Å². The normalized spacial score (nSPS) is 10.8. The first-order chi connectivity index (χ1) is 14.5. The summed E-state index contributed by atoms with van der Waals surface area (Å²) < 4.78 is 11.2.